The molecule has 2 heterocycles. The molecular formula is C29H40N4O3. The Labute approximate surface area is 215 Å². The smallest absolute Gasteiger partial charge is 0.238 e. The summed E-state index contributed by atoms with van der Waals surface area (Å²) < 4.78 is 5.20. The van der Waals surface area contributed by atoms with Gasteiger partial charge in [0, 0.05) is 57.1 Å². The van der Waals surface area contributed by atoms with Crippen LogP contribution in [0.25, 0.3) is 0 Å². The minimum atomic E-state index is -0.00296. The van der Waals surface area contributed by atoms with Crippen molar-refractivity contribution in [1.82, 2.24) is 9.80 Å². The van der Waals surface area contributed by atoms with Gasteiger partial charge < -0.3 is 19.9 Å². The molecule has 0 aliphatic carbocycles. The van der Waals surface area contributed by atoms with Crippen LogP contribution in [-0.2, 0) is 16.0 Å². The highest BCUT2D eigenvalue weighted by Crippen LogP contribution is 2.21. The lowest BCUT2D eigenvalue weighted by molar-refractivity contribution is -0.131. The number of hydrogen-bond donors (Lipinski definition) is 1. The lowest BCUT2D eigenvalue weighted by atomic mass is 10.1. The van der Waals surface area contributed by atoms with E-state index in [4.69, 9.17) is 4.74 Å². The molecule has 0 bridgehead atoms. The first-order valence-corrected chi connectivity index (χ1v) is 13.4. The highest BCUT2D eigenvalue weighted by Gasteiger charge is 2.20. The number of anilines is 2. The summed E-state index contributed by atoms with van der Waals surface area (Å²) in [6, 6.07) is 16.1. The first-order chi connectivity index (χ1) is 17.6. The van der Waals surface area contributed by atoms with Gasteiger partial charge in [-0.15, -0.1) is 0 Å². The molecule has 0 unspecified atom stereocenters. The molecule has 2 fully saturated rings. The Morgan fingerprint density at radius 3 is 2.22 bits per heavy atom. The van der Waals surface area contributed by atoms with E-state index >= 15 is 0 Å². The molecule has 7 heteroatoms. The van der Waals surface area contributed by atoms with Crippen molar-refractivity contribution in [2.45, 2.75) is 44.9 Å². The molecule has 36 heavy (non-hydrogen) atoms. The first-order valence-electron chi connectivity index (χ1n) is 13.4. The second kappa shape index (κ2) is 13.3. The zero-order valence-corrected chi connectivity index (χ0v) is 21.6. The van der Waals surface area contributed by atoms with Crippen LogP contribution < -0.4 is 15.0 Å². The van der Waals surface area contributed by atoms with E-state index in [0.717, 1.165) is 62.6 Å². The lowest BCUT2D eigenvalue weighted by Crippen LogP contribution is -2.38. The average Bonchev–Trinajstić information content (AvgIpc) is 3.32. The number of nitrogens with zero attached hydrogens (tertiary/aromatic N) is 3. The van der Waals surface area contributed by atoms with Gasteiger partial charge in [0.15, 0.2) is 0 Å². The average molecular weight is 493 g/mol. The number of carbonyl (C=O) groups is 2. The number of aryl methyl sites for hydroxylation is 1. The second-order valence-corrected chi connectivity index (χ2v) is 9.85. The Kier molecular flexibility index (Phi) is 9.61. The molecule has 2 aromatic rings. The van der Waals surface area contributed by atoms with Gasteiger partial charge in [0.25, 0.3) is 0 Å². The maximum absolute atomic E-state index is 12.8. The van der Waals surface area contributed by atoms with E-state index in [1.54, 1.807) is 7.11 Å². The molecule has 2 saturated heterocycles. The summed E-state index contributed by atoms with van der Waals surface area (Å²) in [5.74, 6) is 1.00. The van der Waals surface area contributed by atoms with Gasteiger partial charge in [-0.1, -0.05) is 25.0 Å². The number of amides is 2. The SMILES string of the molecule is COc1ccc(CCC(=O)N2CCCN(CC(=O)Nc3ccc(N4CCCCCC4)cc3)CC2)cc1. The van der Waals surface area contributed by atoms with Gasteiger partial charge in [0.05, 0.1) is 13.7 Å². The van der Waals surface area contributed by atoms with Crippen molar-refractivity contribution in [3.63, 3.8) is 0 Å². The molecule has 4 rings (SSSR count). The molecule has 0 spiro atoms. The van der Waals surface area contributed by atoms with Crippen LogP contribution in [0.1, 0.15) is 44.1 Å². The van der Waals surface area contributed by atoms with Crippen molar-refractivity contribution in [3.8, 4) is 5.75 Å². The third-order valence-corrected chi connectivity index (χ3v) is 7.22. The Hall–Kier alpha value is -3.06. The summed E-state index contributed by atoms with van der Waals surface area (Å²) in [6.45, 7) is 5.53. The molecule has 0 saturated carbocycles. The quantitative estimate of drug-likeness (QED) is 0.599. The number of benzene rings is 2. The van der Waals surface area contributed by atoms with Crippen LogP contribution in [-0.4, -0.2) is 74.5 Å². The largest absolute Gasteiger partial charge is 0.497 e. The third-order valence-electron chi connectivity index (χ3n) is 7.22. The maximum Gasteiger partial charge on any atom is 0.238 e. The van der Waals surface area contributed by atoms with E-state index in [1.807, 2.05) is 41.3 Å². The second-order valence-electron chi connectivity index (χ2n) is 9.85. The normalized spacial score (nSPS) is 17.2. The van der Waals surface area contributed by atoms with Gasteiger partial charge in [-0.25, -0.2) is 0 Å². The van der Waals surface area contributed by atoms with E-state index in [-0.39, 0.29) is 11.8 Å². The third kappa shape index (κ3) is 7.72. The number of methoxy groups -OCH3 is 1. The number of rotatable bonds is 8. The Bertz CT molecular complexity index is 969. The molecule has 2 aromatic carbocycles. The fourth-order valence-corrected chi connectivity index (χ4v) is 5.07. The molecule has 194 valence electrons. The Morgan fingerprint density at radius 2 is 1.53 bits per heavy atom. The predicted octanol–water partition coefficient (Wildman–Crippen LogP) is 4.18. The summed E-state index contributed by atoms with van der Waals surface area (Å²) in [4.78, 5) is 32.0. The van der Waals surface area contributed by atoms with Crippen molar-refractivity contribution >= 4 is 23.2 Å². The first kappa shape index (κ1) is 26.0. The van der Waals surface area contributed by atoms with E-state index in [0.29, 0.717) is 19.5 Å². The summed E-state index contributed by atoms with van der Waals surface area (Å²) in [6.07, 6.45) is 7.24. The predicted molar refractivity (Wildman–Crippen MR) is 145 cm³/mol. The molecule has 0 aromatic heterocycles. The van der Waals surface area contributed by atoms with Crippen molar-refractivity contribution < 1.29 is 14.3 Å². The van der Waals surface area contributed by atoms with Crippen molar-refractivity contribution in [3.05, 3.63) is 54.1 Å². The minimum Gasteiger partial charge on any atom is -0.497 e. The lowest BCUT2D eigenvalue weighted by Gasteiger charge is -2.23. The van der Waals surface area contributed by atoms with E-state index < -0.39 is 0 Å². The Morgan fingerprint density at radius 1 is 0.806 bits per heavy atom. The van der Waals surface area contributed by atoms with Gasteiger partial charge in [0.2, 0.25) is 11.8 Å². The topological polar surface area (TPSA) is 65.1 Å². The summed E-state index contributed by atoms with van der Waals surface area (Å²) in [7, 11) is 1.65. The molecule has 2 aliphatic rings. The fourth-order valence-electron chi connectivity index (χ4n) is 5.07. The van der Waals surface area contributed by atoms with E-state index in [9.17, 15) is 9.59 Å². The maximum atomic E-state index is 12.8. The number of nitrogens with one attached hydrogen (secondary N) is 1. The summed E-state index contributed by atoms with van der Waals surface area (Å²) >= 11 is 0. The summed E-state index contributed by atoms with van der Waals surface area (Å²) in [5.41, 5.74) is 3.21. The molecule has 0 atom stereocenters. The Balaban J connectivity index is 1.19. The van der Waals surface area contributed by atoms with Crippen LogP contribution in [0, 0.1) is 0 Å². The van der Waals surface area contributed by atoms with Crippen molar-refractivity contribution in [2.75, 3.05) is 63.1 Å². The zero-order valence-electron chi connectivity index (χ0n) is 21.6. The van der Waals surface area contributed by atoms with Gasteiger partial charge in [-0.3, -0.25) is 14.5 Å². The molecule has 7 nitrogen and oxygen atoms in total. The van der Waals surface area contributed by atoms with Gasteiger partial charge >= 0.3 is 0 Å². The standard InChI is InChI=1S/C29H40N4O3/c1-36-27-14-7-24(8-15-27)9-16-29(35)33-20-6-17-31(21-22-33)23-28(34)30-25-10-12-26(13-11-25)32-18-4-2-3-5-19-32/h7-8,10-15H,2-6,9,16-23H2,1H3,(H,30,34). The molecular weight excluding hydrogens is 452 g/mol. The van der Waals surface area contributed by atoms with Crippen LogP contribution in [0.3, 0.4) is 0 Å². The summed E-state index contributed by atoms with van der Waals surface area (Å²) in [5, 5.41) is 3.04. The zero-order chi connectivity index (χ0) is 25.2. The molecule has 1 N–H and O–H groups in total. The van der Waals surface area contributed by atoms with Crippen LogP contribution in [0.4, 0.5) is 11.4 Å². The van der Waals surface area contributed by atoms with Crippen LogP contribution in [0.5, 0.6) is 5.75 Å². The minimum absolute atomic E-state index is 0.00296. The number of carbonyl (C=O) groups excluding carboxylic acids is 2. The van der Waals surface area contributed by atoms with Gasteiger partial charge in [-0.2, -0.15) is 0 Å². The number of hydrogen-bond acceptors (Lipinski definition) is 5. The molecule has 0 radical (unpaired) electrons. The van der Waals surface area contributed by atoms with Crippen molar-refractivity contribution in [1.29, 1.82) is 0 Å². The van der Waals surface area contributed by atoms with Crippen LogP contribution in [0.15, 0.2) is 48.5 Å². The van der Waals surface area contributed by atoms with Crippen LogP contribution in [0.2, 0.25) is 0 Å². The highest BCUT2D eigenvalue weighted by atomic mass is 16.5. The monoisotopic (exact) mass is 492 g/mol. The van der Waals surface area contributed by atoms with E-state index in [1.165, 1.54) is 31.4 Å². The fraction of sp³-hybridized carbons (Fsp3) is 0.517. The molecule has 2 aliphatic heterocycles. The van der Waals surface area contributed by atoms with Crippen molar-refractivity contribution in [2.24, 2.45) is 0 Å². The van der Waals surface area contributed by atoms with Gasteiger partial charge in [-0.05, 0) is 67.6 Å². The number of ether oxygens (including phenoxy) is 1. The van der Waals surface area contributed by atoms with E-state index in [2.05, 4.69) is 27.2 Å². The highest BCUT2D eigenvalue weighted by molar-refractivity contribution is 5.92. The molecule has 2 amide bonds. The van der Waals surface area contributed by atoms with Gasteiger partial charge in [0.1, 0.15) is 5.75 Å². The van der Waals surface area contributed by atoms with Crippen LogP contribution >= 0.6 is 0 Å².